The first kappa shape index (κ1) is 18.4. The molecule has 1 saturated heterocycles. The van der Waals surface area contributed by atoms with Gasteiger partial charge in [0.25, 0.3) is 0 Å². The molecule has 2 aromatic rings. The minimum atomic E-state index is 0.0430. The van der Waals surface area contributed by atoms with E-state index in [1.807, 2.05) is 26.0 Å². The van der Waals surface area contributed by atoms with Crippen molar-refractivity contribution in [3.8, 4) is 0 Å². The largest absolute Gasteiger partial charge is 0.341 e. The third kappa shape index (κ3) is 4.03. The van der Waals surface area contributed by atoms with Crippen molar-refractivity contribution >= 4 is 17.5 Å². The summed E-state index contributed by atoms with van der Waals surface area (Å²) in [6, 6.07) is 8.17. The number of benzene rings is 1. The fraction of sp³-hybridized carbons (Fsp3) is 0.476. The van der Waals surface area contributed by atoms with Crippen molar-refractivity contribution in [1.29, 1.82) is 0 Å². The second-order valence-corrected chi connectivity index (χ2v) is 7.16. The number of amides is 1. The van der Waals surface area contributed by atoms with Crippen LogP contribution in [0.15, 0.2) is 24.3 Å². The van der Waals surface area contributed by atoms with Gasteiger partial charge in [0.15, 0.2) is 0 Å². The predicted molar refractivity (Wildman–Crippen MR) is 106 cm³/mol. The number of para-hydroxylation sites is 1. The number of aryl methyl sites for hydroxylation is 4. The first-order valence-electron chi connectivity index (χ1n) is 9.44. The number of nitrogens with one attached hydrogen (secondary N) is 1. The first-order valence-corrected chi connectivity index (χ1v) is 9.44. The van der Waals surface area contributed by atoms with Crippen LogP contribution in [0.1, 0.15) is 42.3 Å². The van der Waals surface area contributed by atoms with Gasteiger partial charge in [-0.05, 0) is 57.2 Å². The zero-order valence-corrected chi connectivity index (χ0v) is 16.2. The average Bonchev–Trinajstić information content (AvgIpc) is 2.62. The van der Waals surface area contributed by atoms with Crippen LogP contribution in [0.5, 0.6) is 0 Å². The maximum Gasteiger partial charge on any atom is 0.227 e. The minimum absolute atomic E-state index is 0.0430. The molecular formula is C21H28N4O. The molecule has 138 valence electrons. The summed E-state index contributed by atoms with van der Waals surface area (Å²) in [4.78, 5) is 24.1. The van der Waals surface area contributed by atoms with E-state index in [1.165, 1.54) is 5.56 Å². The highest BCUT2D eigenvalue weighted by Gasteiger charge is 2.27. The SMILES string of the molecule is CCc1cccc(C)c1NC(=O)C1CCN(c2nc(C)cc(C)n2)CC1. The van der Waals surface area contributed by atoms with Gasteiger partial charge >= 0.3 is 0 Å². The molecule has 0 spiro atoms. The van der Waals surface area contributed by atoms with E-state index in [0.717, 1.165) is 60.9 Å². The molecule has 1 amide bonds. The molecule has 0 saturated carbocycles. The lowest BCUT2D eigenvalue weighted by atomic mass is 9.95. The van der Waals surface area contributed by atoms with Crippen LogP contribution in [-0.4, -0.2) is 29.0 Å². The molecule has 1 fully saturated rings. The van der Waals surface area contributed by atoms with Crippen LogP contribution in [0.4, 0.5) is 11.6 Å². The molecule has 5 heteroatoms. The molecule has 0 aliphatic carbocycles. The fourth-order valence-electron chi connectivity index (χ4n) is 3.62. The third-order valence-corrected chi connectivity index (χ3v) is 5.11. The molecule has 1 N–H and O–H groups in total. The van der Waals surface area contributed by atoms with E-state index in [9.17, 15) is 4.79 Å². The Balaban J connectivity index is 1.64. The Bertz CT molecular complexity index is 774. The zero-order valence-electron chi connectivity index (χ0n) is 16.2. The quantitative estimate of drug-likeness (QED) is 0.909. The van der Waals surface area contributed by atoms with Gasteiger partial charge in [0.05, 0.1) is 0 Å². The zero-order chi connectivity index (χ0) is 18.7. The van der Waals surface area contributed by atoms with E-state index in [1.54, 1.807) is 0 Å². The van der Waals surface area contributed by atoms with E-state index < -0.39 is 0 Å². The third-order valence-electron chi connectivity index (χ3n) is 5.11. The van der Waals surface area contributed by atoms with Gasteiger partial charge in [-0.2, -0.15) is 0 Å². The maximum atomic E-state index is 12.8. The summed E-state index contributed by atoms with van der Waals surface area (Å²) in [7, 11) is 0. The highest BCUT2D eigenvalue weighted by molar-refractivity contribution is 5.94. The van der Waals surface area contributed by atoms with Crippen molar-refractivity contribution in [3.05, 3.63) is 46.8 Å². The van der Waals surface area contributed by atoms with Crippen molar-refractivity contribution in [2.24, 2.45) is 5.92 Å². The molecule has 3 rings (SSSR count). The molecule has 5 nitrogen and oxygen atoms in total. The Morgan fingerprint density at radius 1 is 1.15 bits per heavy atom. The average molecular weight is 352 g/mol. The standard InChI is InChI=1S/C21H28N4O/c1-5-17-8-6-7-14(2)19(17)24-20(26)18-9-11-25(12-10-18)21-22-15(3)13-16(4)23-21/h6-8,13,18H,5,9-12H2,1-4H3,(H,24,26). The van der Waals surface area contributed by atoms with Gasteiger partial charge in [-0.15, -0.1) is 0 Å². The number of hydrogen-bond donors (Lipinski definition) is 1. The van der Waals surface area contributed by atoms with E-state index in [2.05, 4.69) is 46.2 Å². The van der Waals surface area contributed by atoms with Gasteiger partial charge < -0.3 is 10.2 Å². The summed E-state index contributed by atoms with van der Waals surface area (Å²) < 4.78 is 0. The smallest absolute Gasteiger partial charge is 0.227 e. The molecule has 0 unspecified atom stereocenters. The van der Waals surface area contributed by atoms with E-state index >= 15 is 0 Å². The number of nitrogens with zero attached hydrogens (tertiary/aromatic N) is 3. The van der Waals surface area contributed by atoms with Gasteiger partial charge in [-0.3, -0.25) is 4.79 Å². The number of rotatable bonds is 4. The Morgan fingerprint density at radius 3 is 2.42 bits per heavy atom. The van der Waals surface area contributed by atoms with E-state index in [-0.39, 0.29) is 11.8 Å². The van der Waals surface area contributed by atoms with Crippen molar-refractivity contribution in [2.45, 2.75) is 47.0 Å². The lowest BCUT2D eigenvalue weighted by Crippen LogP contribution is -2.39. The summed E-state index contributed by atoms with van der Waals surface area (Å²) in [6.07, 6.45) is 2.57. The lowest BCUT2D eigenvalue weighted by Gasteiger charge is -2.31. The van der Waals surface area contributed by atoms with Crippen LogP contribution >= 0.6 is 0 Å². The summed E-state index contributed by atoms with van der Waals surface area (Å²) in [5, 5.41) is 3.18. The van der Waals surface area contributed by atoms with Gasteiger partial charge in [0.2, 0.25) is 11.9 Å². The van der Waals surface area contributed by atoms with Crippen LogP contribution in [0.2, 0.25) is 0 Å². The van der Waals surface area contributed by atoms with Crippen LogP contribution < -0.4 is 10.2 Å². The fourth-order valence-corrected chi connectivity index (χ4v) is 3.62. The minimum Gasteiger partial charge on any atom is -0.341 e. The van der Waals surface area contributed by atoms with E-state index in [0.29, 0.717) is 0 Å². The van der Waals surface area contributed by atoms with Crippen LogP contribution in [0.3, 0.4) is 0 Å². The second kappa shape index (κ2) is 7.85. The van der Waals surface area contributed by atoms with Crippen LogP contribution in [0, 0.1) is 26.7 Å². The predicted octanol–water partition coefficient (Wildman–Crippen LogP) is 3.82. The lowest BCUT2D eigenvalue weighted by molar-refractivity contribution is -0.120. The van der Waals surface area contributed by atoms with Crippen LogP contribution in [0.25, 0.3) is 0 Å². The highest BCUT2D eigenvalue weighted by atomic mass is 16.1. The van der Waals surface area contributed by atoms with Crippen LogP contribution in [-0.2, 0) is 11.2 Å². The molecule has 26 heavy (non-hydrogen) atoms. The molecular weight excluding hydrogens is 324 g/mol. The topological polar surface area (TPSA) is 58.1 Å². The molecule has 1 aromatic heterocycles. The van der Waals surface area contributed by atoms with Gasteiger partial charge in [0, 0.05) is 36.1 Å². The van der Waals surface area contributed by atoms with Gasteiger partial charge in [-0.25, -0.2) is 9.97 Å². The number of hydrogen-bond acceptors (Lipinski definition) is 4. The summed E-state index contributed by atoms with van der Waals surface area (Å²) in [6.45, 7) is 9.78. The Morgan fingerprint density at radius 2 is 1.81 bits per heavy atom. The second-order valence-electron chi connectivity index (χ2n) is 7.16. The normalized spacial score (nSPS) is 15.2. The number of aromatic nitrogens is 2. The van der Waals surface area contributed by atoms with Crippen molar-refractivity contribution in [1.82, 2.24) is 9.97 Å². The van der Waals surface area contributed by atoms with Gasteiger partial charge in [0.1, 0.15) is 0 Å². The summed E-state index contributed by atoms with van der Waals surface area (Å²) in [5.74, 6) is 0.963. The molecule has 0 atom stereocenters. The molecule has 1 aromatic carbocycles. The van der Waals surface area contributed by atoms with Gasteiger partial charge in [-0.1, -0.05) is 25.1 Å². The number of anilines is 2. The maximum absolute atomic E-state index is 12.8. The molecule has 1 aliphatic heterocycles. The Hall–Kier alpha value is -2.43. The number of piperidine rings is 1. The molecule has 2 heterocycles. The van der Waals surface area contributed by atoms with Crippen molar-refractivity contribution in [2.75, 3.05) is 23.3 Å². The Labute approximate surface area is 155 Å². The van der Waals surface area contributed by atoms with Crippen molar-refractivity contribution in [3.63, 3.8) is 0 Å². The monoisotopic (exact) mass is 352 g/mol. The molecule has 0 radical (unpaired) electrons. The summed E-state index contributed by atoms with van der Waals surface area (Å²) in [5.41, 5.74) is 5.27. The molecule has 1 aliphatic rings. The Kier molecular flexibility index (Phi) is 5.55. The summed E-state index contributed by atoms with van der Waals surface area (Å²) >= 11 is 0. The van der Waals surface area contributed by atoms with E-state index in [4.69, 9.17) is 0 Å². The number of carbonyl (C=O) groups is 1. The first-order chi connectivity index (χ1) is 12.5. The van der Waals surface area contributed by atoms with Crippen molar-refractivity contribution < 1.29 is 4.79 Å². The number of carbonyl (C=O) groups excluding carboxylic acids is 1. The highest BCUT2D eigenvalue weighted by Crippen LogP contribution is 2.25. The molecule has 0 bridgehead atoms.